The van der Waals surface area contributed by atoms with Crippen LogP contribution in [0.25, 0.3) is 5.69 Å². The van der Waals surface area contributed by atoms with Gasteiger partial charge in [-0.25, -0.2) is 0 Å². The number of ether oxygens (including phenoxy) is 1. The van der Waals surface area contributed by atoms with Gasteiger partial charge in [-0.05, 0) is 63.0 Å². The Morgan fingerprint density at radius 2 is 1.82 bits per heavy atom. The zero-order valence-electron chi connectivity index (χ0n) is 18.3. The average molecular weight is 496 g/mol. The standard InChI is InChI=1S/C22H24ClF2N5O2S/c1-14(29(2)3)20-27-28-22(30(20)17-8-6-16(23)7-9-17)33-13-19(31)26-12-15-4-10-18(11-5-15)32-21(24)25/h4-11,14,21H,12-13H2,1-3H3,(H,26,31). The first-order valence-electron chi connectivity index (χ1n) is 10.1. The fourth-order valence-corrected chi connectivity index (χ4v) is 3.79. The molecular weight excluding hydrogens is 472 g/mol. The van der Waals surface area contributed by atoms with E-state index in [9.17, 15) is 13.6 Å². The van der Waals surface area contributed by atoms with Crippen LogP contribution >= 0.6 is 23.4 Å². The second-order valence-electron chi connectivity index (χ2n) is 7.38. The number of halogens is 3. The Morgan fingerprint density at radius 3 is 2.42 bits per heavy atom. The number of amides is 1. The van der Waals surface area contributed by atoms with E-state index in [1.54, 1.807) is 24.3 Å². The summed E-state index contributed by atoms with van der Waals surface area (Å²) in [7, 11) is 3.91. The van der Waals surface area contributed by atoms with Gasteiger partial charge in [0.1, 0.15) is 5.75 Å². The maximum atomic E-state index is 12.4. The molecule has 1 unspecified atom stereocenters. The number of rotatable bonds is 10. The van der Waals surface area contributed by atoms with Crippen LogP contribution in [0.4, 0.5) is 8.78 Å². The first-order valence-corrected chi connectivity index (χ1v) is 11.4. The van der Waals surface area contributed by atoms with E-state index in [0.717, 1.165) is 17.1 Å². The Hall–Kier alpha value is -2.69. The number of hydrogen-bond acceptors (Lipinski definition) is 6. The lowest BCUT2D eigenvalue weighted by atomic mass is 10.2. The topological polar surface area (TPSA) is 72.3 Å². The average Bonchev–Trinajstić information content (AvgIpc) is 3.20. The number of nitrogens with zero attached hydrogens (tertiary/aromatic N) is 4. The van der Waals surface area contributed by atoms with E-state index in [1.165, 1.54) is 23.9 Å². The third-order valence-electron chi connectivity index (χ3n) is 4.86. The maximum absolute atomic E-state index is 12.4. The summed E-state index contributed by atoms with van der Waals surface area (Å²) in [5, 5.41) is 12.7. The van der Waals surface area contributed by atoms with Gasteiger partial charge in [-0.2, -0.15) is 8.78 Å². The van der Waals surface area contributed by atoms with Crippen molar-refractivity contribution in [1.82, 2.24) is 25.0 Å². The van der Waals surface area contributed by atoms with E-state index in [0.29, 0.717) is 10.2 Å². The molecule has 1 atom stereocenters. The Kier molecular flexibility index (Phi) is 8.65. The van der Waals surface area contributed by atoms with Gasteiger partial charge in [-0.1, -0.05) is 35.5 Å². The summed E-state index contributed by atoms with van der Waals surface area (Å²) in [5.74, 6) is 0.756. The van der Waals surface area contributed by atoms with Crippen molar-refractivity contribution in [2.24, 2.45) is 0 Å². The fourth-order valence-electron chi connectivity index (χ4n) is 2.88. The zero-order chi connectivity index (χ0) is 24.0. The molecule has 0 bridgehead atoms. The number of alkyl halides is 2. The van der Waals surface area contributed by atoms with Crippen LogP contribution in [0.15, 0.2) is 53.7 Å². The van der Waals surface area contributed by atoms with Gasteiger partial charge in [0.05, 0.1) is 11.8 Å². The predicted octanol–water partition coefficient (Wildman–Crippen LogP) is 4.55. The summed E-state index contributed by atoms with van der Waals surface area (Å²) >= 11 is 7.31. The summed E-state index contributed by atoms with van der Waals surface area (Å²) in [6.45, 7) is -0.584. The molecular formula is C22H24ClF2N5O2S. The van der Waals surface area contributed by atoms with Crippen molar-refractivity contribution in [2.45, 2.75) is 31.3 Å². The highest BCUT2D eigenvalue weighted by molar-refractivity contribution is 7.99. The number of nitrogens with one attached hydrogen (secondary N) is 1. The number of carbonyl (C=O) groups is 1. The number of benzene rings is 2. The molecule has 1 aromatic heterocycles. The maximum Gasteiger partial charge on any atom is 0.387 e. The molecule has 0 aliphatic rings. The van der Waals surface area contributed by atoms with E-state index in [2.05, 4.69) is 20.3 Å². The molecule has 2 aromatic carbocycles. The molecule has 0 saturated carbocycles. The quantitative estimate of drug-likeness (QED) is 0.416. The van der Waals surface area contributed by atoms with Gasteiger partial charge in [0, 0.05) is 17.3 Å². The fraction of sp³-hybridized carbons (Fsp3) is 0.318. The number of thioether (sulfide) groups is 1. The lowest BCUT2D eigenvalue weighted by Crippen LogP contribution is -2.25. The minimum Gasteiger partial charge on any atom is -0.435 e. The second kappa shape index (κ2) is 11.4. The first kappa shape index (κ1) is 24.9. The third-order valence-corrected chi connectivity index (χ3v) is 6.04. The number of carbonyl (C=O) groups excluding carboxylic acids is 1. The second-order valence-corrected chi connectivity index (χ2v) is 8.76. The molecule has 0 spiro atoms. The van der Waals surface area contributed by atoms with Crippen molar-refractivity contribution in [3.63, 3.8) is 0 Å². The summed E-state index contributed by atoms with van der Waals surface area (Å²) in [4.78, 5) is 14.4. The van der Waals surface area contributed by atoms with Crippen LogP contribution < -0.4 is 10.1 Å². The van der Waals surface area contributed by atoms with Crippen LogP contribution in [0.5, 0.6) is 5.75 Å². The van der Waals surface area contributed by atoms with Crippen molar-refractivity contribution < 1.29 is 18.3 Å². The summed E-state index contributed by atoms with van der Waals surface area (Å²) < 4.78 is 30.7. The molecule has 7 nitrogen and oxygen atoms in total. The molecule has 0 radical (unpaired) electrons. The molecule has 33 heavy (non-hydrogen) atoms. The lowest BCUT2D eigenvalue weighted by Gasteiger charge is -2.20. The molecule has 1 amide bonds. The molecule has 1 heterocycles. The summed E-state index contributed by atoms with van der Waals surface area (Å²) in [6, 6.07) is 13.4. The van der Waals surface area contributed by atoms with Gasteiger partial charge in [0.25, 0.3) is 0 Å². The van der Waals surface area contributed by atoms with E-state index >= 15 is 0 Å². The van der Waals surface area contributed by atoms with Gasteiger partial charge >= 0.3 is 6.61 Å². The third kappa shape index (κ3) is 6.89. The molecule has 0 aliphatic carbocycles. The van der Waals surface area contributed by atoms with Gasteiger partial charge in [-0.15, -0.1) is 10.2 Å². The highest BCUT2D eigenvalue weighted by atomic mass is 35.5. The summed E-state index contributed by atoms with van der Waals surface area (Å²) in [6.07, 6.45) is 0. The van der Waals surface area contributed by atoms with Crippen LogP contribution in [0.1, 0.15) is 24.4 Å². The van der Waals surface area contributed by atoms with Crippen LogP contribution in [0.3, 0.4) is 0 Å². The van der Waals surface area contributed by atoms with Crippen LogP contribution in [-0.2, 0) is 11.3 Å². The van der Waals surface area contributed by atoms with Gasteiger partial charge in [-0.3, -0.25) is 14.3 Å². The smallest absolute Gasteiger partial charge is 0.387 e. The normalized spacial score (nSPS) is 12.2. The lowest BCUT2D eigenvalue weighted by molar-refractivity contribution is -0.118. The molecule has 1 N–H and O–H groups in total. The van der Waals surface area contributed by atoms with Crippen LogP contribution in [0, 0.1) is 0 Å². The molecule has 11 heteroatoms. The monoisotopic (exact) mass is 495 g/mol. The molecule has 0 saturated heterocycles. The van der Waals surface area contributed by atoms with Crippen molar-refractivity contribution in [3.8, 4) is 11.4 Å². The molecule has 176 valence electrons. The number of aromatic nitrogens is 3. The van der Waals surface area contributed by atoms with Gasteiger partial charge < -0.3 is 10.1 Å². The Labute approximate surface area is 200 Å². The molecule has 0 aliphatic heterocycles. The van der Waals surface area contributed by atoms with E-state index in [4.69, 9.17) is 11.6 Å². The van der Waals surface area contributed by atoms with Crippen LogP contribution in [0.2, 0.25) is 5.02 Å². The largest absolute Gasteiger partial charge is 0.435 e. The highest BCUT2D eigenvalue weighted by Crippen LogP contribution is 2.27. The molecule has 3 aromatic rings. The molecule has 0 fully saturated rings. The zero-order valence-corrected chi connectivity index (χ0v) is 19.9. The minimum atomic E-state index is -2.87. The van der Waals surface area contributed by atoms with Crippen molar-refractivity contribution >= 4 is 29.3 Å². The Balaban J connectivity index is 1.65. The number of hydrogen-bond donors (Lipinski definition) is 1. The van der Waals surface area contributed by atoms with Crippen molar-refractivity contribution in [3.05, 3.63) is 64.9 Å². The Bertz CT molecular complexity index is 1060. The van der Waals surface area contributed by atoms with Gasteiger partial charge in [0.2, 0.25) is 5.91 Å². The minimum absolute atomic E-state index is 0.00613. The van der Waals surface area contributed by atoms with Gasteiger partial charge in [0.15, 0.2) is 11.0 Å². The predicted molar refractivity (Wildman–Crippen MR) is 124 cm³/mol. The van der Waals surface area contributed by atoms with E-state index in [-0.39, 0.29) is 30.0 Å². The molecule has 3 rings (SSSR count). The Morgan fingerprint density at radius 1 is 1.15 bits per heavy atom. The van der Waals surface area contributed by atoms with Crippen LogP contribution in [-0.4, -0.2) is 52.0 Å². The van der Waals surface area contributed by atoms with Crippen molar-refractivity contribution in [2.75, 3.05) is 19.8 Å². The van der Waals surface area contributed by atoms with E-state index in [1.807, 2.05) is 42.6 Å². The first-order chi connectivity index (χ1) is 15.7. The van der Waals surface area contributed by atoms with E-state index < -0.39 is 6.61 Å². The summed E-state index contributed by atoms with van der Waals surface area (Å²) in [5.41, 5.74) is 1.61. The van der Waals surface area contributed by atoms with Crippen molar-refractivity contribution in [1.29, 1.82) is 0 Å². The SMILES string of the molecule is CC(c1nnc(SCC(=O)NCc2ccc(OC(F)F)cc2)n1-c1ccc(Cl)cc1)N(C)C. The highest BCUT2D eigenvalue weighted by Gasteiger charge is 2.21.